The van der Waals surface area contributed by atoms with Gasteiger partial charge in [0.15, 0.2) is 22.5 Å². The van der Waals surface area contributed by atoms with E-state index in [9.17, 15) is 14.4 Å². The Morgan fingerprint density at radius 2 is 1.68 bits per heavy atom. The number of nitrogens with one attached hydrogen (secondary N) is 1. The third-order valence-corrected chi connectivity index (χ3v) is 4.54. The van der Waals surface area contributed by atoms with Crippen LogP contribution in [0.5, 0.6) is 0 Å². The van der Waals surface area contributed by atoms with Crippen molar-refractivity contribution in [1.29, 1.82) is 0 Å². The van der Waals surface area contributed by atoms with Gasteiger partial charge in [-0.1, -0.05) is 35.9 Å². The van der Waals surface area contributed by atoms with Crippen LogP contribution in [0.15, 0.2) is 24.3 Å². The number of amides is 5. The first-order chi connectivity index (χ1) is 14.5. The van der Waals surface area contributed by atoms with Crippen molar-refractivity contribution < 1.29 is 14.4 Å². The minimum absolute atomic E-state index is 0.171. The van der Waals surface area contributed by atoms with Gasteiger partial charge in [0.05, 0.1) is 0 Å². The molecule has 1 radical (unpaired) electrons. The molecule has 2 aromatic rings. The molecule has 1 aromatic carbocycles. The number of benzene rings is 1. The molecule has 12 nitrogen and oxygen atoms in total. The molecule has 9 N–H and O–H groups in total. The van der Waals surface area contributed by atoms with E-state index in [1.807, 2.05) is 31.2 Å². The molecule has 0 aliphatic carbocycles. The lowest BCUT2D eigenvalue weighted by Crippen LogP contribution is -2.46. The highest BCUT2D eigenvalue weighted by molar-refractivity contribution is 6.32. The summed E-state index contributed by atoms with van der Waals surface area (Å²) in [6.45, 7) is 6.20. The maximum absolute atomic E-state index is 12.7. The first-order valence-electron chi connectivity index (χ1n) is 8.94. The smallest absolute Gasteiger partial charge is 0.335 e. The Hall–Kier alpha value is -3.48. The van der Waals surface area contributed by atoms with Gasteiger partial charge in [-0.05, 0) is 37.3 Å². The second-order valence-corrected chi connectivity index (χ2v) is 6.99. The van der Waals surface area contributed by atoms with Crippen molar-refractivity contribution in [3.63, 3.8) is 0 Å². The van der Waals surface area contributed by atoms with E-state index < -0.39 is 40.5 Å². The van der Waals surface area contributed by atoms with Crippen LogP contribution in [0.1, 0.15) is 21.6 Å². The molecule has 13 heteroatoms. The number of carbonyl (C=O) groups excluding carboxylic acids is 3. The van der Waals surface area contributed by atoms with E-state index in [1.54, 1.807) is 0 Å². The van der Waals surface area contributed by atoms with E-state index in [4.69, 9.17) is 34.8 Å². The van der Waals surface area contributed by atoms with Gasteiger partial charge in [-0.2, -0.15) is 0 Å². The number of aromatic nitrogens is 2. The monoisotopic (exact) mass is 448 g/mol. The molecule has 1 atom stereocenters. The molecule has 0 fully saturated rings. The second kappa shape index (κ2) is 10.0. The number of urea groups is 2. The molecule has 2 rings (SSSR count). The number of rotatable bonds is 7. The van der Waals surface area contributed by atoms with Crippen molar-refractivity contribution in [2.24, 2.45) is 29.1 Å². The zero-order chi connectivity index (χ0) is 23.3. The predicted octanol–water partition coefficient (Wildman–Crippen LogP) is 0.379. The number of primary amides is 2. The van der Waals surface area contributed by atoms with Gasteiger partial charge in [0.2, 0.25) is 0 Å². The lowest BCUT2D eigenvalue weighted by molar-refractivity contribution is 0.0945. The standard InChI is InChI=1S/C18H23ClN9O3/c1-9(7-11-6-4-3-5-10(11)2)8-24-16(29)12-14(27(22)17(20)30)26-15(13(19)25-12)28(23)18(21)31/h3-6,9H,1,7-8,22-23H2,2H3,(H2,20,30)(H2,21,31)(H,24,29). The normalized spacial score (nSPS) is 11.5. The van der Waals surface area contributed by atoms with Crippen LogP contribution < -0.4 is 38.5 Å². The number of anilines is 2. The summed E-state index contributed by atoms with van der Waals surface area (Å²) in [5.41, 5.74) is 12.1. The Bertz CT molecular complexity index is 1000. The lowest BCUT2D eigenvalue weighted by atomic mass is 9.97. The Kier molecular flexibility index (Phi) is 7.69. The van der Waals surface area contributed by atoms with Crippen molar-refractivity contribution in [2.75, 3.05) is 16.6 Å². The minimum atomic E-state index is -1.14. The van der Waals surface area contributed by atoms with Crippen molar-refractivity contribution in [1.82, 2.24) is 15.3 Å². The summed E-state index contributed by atoms with van der Waals surface area (Å²) in [6.07, 6.45) is 0.621. The zero-order valence-corrected chi connectivity index (χ0v) is 17.5. The zero-order valence-electron chi connectivity index (χ0n) is 16.7. The van der Waals surface area contributed by atoms with Crippen LogP contribution in [0.2, 0.25) is 5.15 Å². The average Bonchev–Trinajstić information content (AvgIpc) is 2.72. The van der Waals surface area contributed by atoms with Crippen LogP contribution in [-0.2, 0) is 6.42 Å². The number of hydrogen-bond donors (Lipinski definition) is 5. The Balaban J connectivity index is 2.25. The maximum atomic E-state index is 12.7. The topological polar surface area (TPSA) is 200 Å². The molecule has 0 bridgehead atoms. The molecule has 5 amide bonds. The third-order valence-electron chi connectivity index (χ3n) is 4.29. The number of hydrogen-bond acceptors (Lipinski definition) is 7. The molecule has 0 saturated carbocycles. The van der Waals surface area contributed by atoms with E-state index in [0.717, 1.165) is 11.1 Å². The molecule has 1 heterocycles. The molecule has 0 aliphatic heterocycles. The average molecular weight is 449 g/mol. The SMILES string of the molecule is [CH2]C(CNC(=O)c1nc(Cl)c(N(N)C(N)=O)nc1N(N)C(N)=O)Cc1ccccc1C. The molecule has 1 aromatic heterocycles. The Morgan fingerprint density at radius 3 is 2.26 bits per heavy atom. The van der Waals surface area contributed by atoms with E-state index in [2.05, 4.69) is 22.2 Å². The lowest BCUT2D eigenvalue weighted by Gasteiger charge is -2.20. The fraction of sp³-hybridized carbons (Fsp3) is 0.222. The quantitative estimate of drug-likeness (QED) is 0.229. The van der Waals surface area contributed by atoms with E-state index >= 15 is 0 Å². The summed E-state index contributed by atoms with van der Waals surface area (Å²) in [5, 5.41) is 2.97. The maximum Gasteiger partial charge on any atom is 0.335 e. The summed E-state index contributed by atoms with van der Waals surface area (Å²) >= 11 is 5.99. The highest BCUT2D eigenvalue weighted by Gasteiger charge is 2.27. The fourth-order valence-electron chi connectivity index (χ4n) is 2.62. The molecule has 0 aliphatic rings. The summed E-state index contributed by atoms with van der Waals surface area (Å²) in [5.74, 6) is 9.26. The van der Waals surface area contributed by atoms with Crippen LogP contribution >= 0.6 is 11.6 Å². The van der Waals surface area contributed by atoms with Gasteiger partial charge in [0, 0.05) is 6.54 Å². The number of carbonyl (C=O) groups is 3. The van der Waals surface area contributed by atoms with Crippen LogP contribution in [0.4, 0.5) is 21.2 Å². The van der Waals surface area contributed by atoms with Crippen molar-refractivity contribution in [3.8, 4) is 0 Å². The first kappa shape index (κ1) is 23.8. The van der Waals surface area contributed by atoms with Crippen molar-refractivity contribution in [3.05, 3.63) is 53.2 Å². The molecule has 1 unspecified atom stereocenters. The van der Waals surface area contributed by atoms with Gasteiger partial charge < -0.3 is 16.8 Å². The van der Waals surface area contributed by atoms with E-state index in [1.165, 1.54) is 0 Å². The Labute approximate surface area is 183 Å². The van der Waals surface area contributed by atoms with Crippen molar-refractivity contribution >= 4 is 41.2 Å². The number of nitrogens with two attached hydrogens (primary N) is 4. The van der Waals surface area contributed by atoms with Gasteiger partial charge in [0.1, 0.15) is 0 Å². The van der Waals surface area contributed by atoms with Gasteiger partial charge in [-0.25, -0.2) is 41.3 Å². The number of aryl methyl sites for hydroxylation is 1. The molecule has 0 spiro atoms. The summed E-state index contributed by atoms with van der Waals surface area (Å²) < 4.78 is 0. The van der Waals surface area contributed by atoms with Crippen LogP contribution in [0, 0.1) is 19.8 Å². The Morgan fingerprint density at radius 1 is 1.10 bits per heavy atom. The number of hydrazine groups is 2. The first-order valence-corrected chi connectivity index (χ1v) is 9.32. The van der Waals surface area contributed by atoms with Crippen LogP contribution in [0.3, 0.4) is 0 Å². The molecule has 0 saturated heterocycles. The molecular formula is C18H23ClN9O3. The molecular weight excluding hydrogens is 426 g/mol. The van der Waals surface area contributed by atoms with Gasteiger partial charge in [-0.3, -0.25) is 4.79 Å². The third kappa shape index (κ3) is 5.78. The summed E-state index contributed by atoms with van der Waals surface area (Å²) in [6, 6.07) is 5.56. The fourth-order valence-corrected chi connectivity index (χ4v) is 2.84. The molecule has 31 heavy (non-hydrogen) atoms. The number of nitrogens with zero attached hydrogens (tertiary/aromatic N) is 4. The van der Waals surface area contributed by atoms with E-state index in [-0.39, 0.29) is 12.5 Å². The van der Waals surface area contributed by atoms with Crippen LogP contribution in [0.25, 0.3) is 0 Å². The van der Waals surface area contributed by atoms with Gasteiger partial charge in [0.25, 0.3) is 5.91 Å². The van der Waals surface area contributed by atoms with Gasteiger partial charge in [-0.15, -0.1) is 0 Å². The minimum Gasteiger partial charge on any atom is -0.350 e. The number of halogens is 1. The summed E-state index contributed by atoms with van der Waals surface area (Å²) in [4.78, 5) is 43.3. The highest BCUT2D eigenvalue weighted by Crippen LogP contribution is 2.25. The van der Waals surface area contributed by atoms with Gasteiger partial charge >= 0.3 is 12.1 Å². The largest absolute Gasteiger partial charge is 0.350 e. The summed E-state index contributed by atoms with van der Waals surface area (Å²) in [7, 11) is 0. The highest BCUT2D eigenvalue weighted by atomic mass is 35.5. The van der Waals surface area contributed by atoms with E-state index in [0.29, 0.717) is 16.4 Å². The van der Waals surface area contributed by atoms with Crippen LogP contribution in [-0.4, -0.2) is 34.5 Å². The van der Waals surface area contributed by atoms with Crippen molar-refractivity contribution in [2.45, 2.75) is 13.3 Å². The predicted molar refractivity (Wildman–Crippen MR) is 116 cm³/mol. The second-order valence-electron chi connectivity index (χ2n) is 6.63. The molecule has 165 valence electrons.